The summed E-state index contributed by atoms with van der Waals surface area (Å²) in [7, 11) is 0. The Kier molecular flexibility index (Phi) is 8.78. The zero-order chi connectivity index (χ0) is 29.9. The van der Waals surface area contributed by atoms with Crippen molar-refractivity contribution in [3.05, 3.63) is 110 Å². The van der Waals surface area contributed by atoms with Crippen molar-refractivity contribution in [3.8, 4) is 22.8 Å². The Labute approximate surface area is 270 Å². The zero-order valence-electron chi connectivity index (χ0n) is 22.8. The number of aryl methyl sites for hydroxylation is 2. The van der Waals surface area contributed by atoms with Crippen LogP contribution < -0.4 is 5.32 Å². The van der Waals surface area contributed by atoms with Crippen LogP contribution in [0, 0.1) is 13.8 Å². The molecule has 214 valence electrons. The molecule has 1 aromatic carbocycles. The van der Waals surface area contributed by atoms with Gasteiger partial charge in [-0.05, 0) is 77.7 Å². The van der Waals surface area contributed by atoms with Gasteiger partial charge in [-0.3, -0.25) is 9.97 Å². The summed E-state index contributed by atoms with van der Waals surface area (Å²) in [4.78, 5) is 28.4. The molecule has 0 radical (unpaired) electrons. The molecule has 0 spiro atoms. The van der Waals surface area contributed by atoms with Crippen LogP contribution in [0.3, 0.4) is 0 Å². The van der Waals surface area contributed by atoms with Crippen molar-refractivity contribution >= 4 is 83.7 Å². The maximum atomic E-state index is 6.19. The molecule has 0 atom stereocenters. The van der Waals surface area contributed by atoms with Crippen LogP contribution in [0.15, 0.2) is 78.0 Å². The number of anilines is 1. The second-order valence-electron chi connectivity index (χ2n) is 9.52. The first-order valence-electron chi connectivity index (χ1n) is 13.0. The van der Waals surface area contributed by atoms with Gasteiger partial charge in [0, 0.05) is 42.5 Å². The van der Waals surface area contributed by atoms with E-state index in [1.165, 1.54) is 0 Å². The molecule has 0 amide bonds. The summed E-state index contributed by atoms with van der Waals surface area (Å²) >= 11 is 21.5. The third-order valence-corrected chi connectivity index (χ3v) is 9.47. The number of hydrogen-bond acceptors (Lipinski definition) is 9. The first-order chi connectivity index (χ1) is 20.9. The quantitative estimate of drug-likeness (QED) is 0.184. The van der Waals surface area contributed by atoms with Gasteiger partial charge in [0.1, 0.15) is 20.6 Å². The molecule has 6 heterocycles. The Bertz CT molecular complexity index is 2050. The fraction of sp³-hybridized carbons (Fsp3) is 0.0968. The number of nitrogens with zero attached hydrogens (tertiary/aromatic N) is 6. The van der Waals surface area contributed by atoms with E-state index < -0.39 is 0 Å². The van der Waals surface area contributed by atoms with Crippen LogP contribution in [0.1, 0.15) is 16.7 Å². The lowest BCUT2D eigenvalue weighted by molar-refractivity contribution is 1.10. The number of fused-ring (bicyclic) bond motifs is 2. The fourth-order valence-electron chi connectivity index (χ4n) is 4.33. The number of benzene rings is 1. The van der Waals surface area contributed by atoms with Gasteiger partial charge in [0.05, 0.1) is 20.8 Å². The van der Waals surface area contributed by atoms with E-state index in [4.69, 9.17) is 44.8 Å². The number of halogens is 3. The van der Waals surface area contributed by atoms with E-state index in [1.807, 2.05) is 48.7 Å². The van der Waals surface area contributed by atoms with E-state index in [2.05, 4.69) is 37.6 Å². The Morgan fingerprint density at radius 1 is 0.698 bits per heavy atom. The van der Waals surface area contributed by atoms with Crippen LogP contribution in [0.5, 0.6) is 0 Å². The summed E-state index contributed by atoms with van der Waals surface area (Å²) in [6, 6.07) is 13.2. The average Bonchev–Trinajstić information content (AvgIpc) is 3.61. The number of aromatic nitrogens is 6. The Balaban J connectivity index is 0.000000167. The smallest absolute Gasteiger partial charge is 0.164 e. The maximum absolute atomic E-state index is 6.19. The van der Waals surface area contributed by atoms with Gasteiger partial charge >= 0.3 is 0 Å². The predicted molar refractivity (Wildman–Crippen MR) is 180 cm³/mol. The van der Waals surface area contributed by atoms with Crippen molar-refractivity contribution in [2.75, 3.05) is 5.32 Å². The van der Waals surface area contributed by atoms with E-state index in [9.17, 15) is 0 Å². The second kappa shape index (κ2) is 12.9. The molecule has 0 aliphatic heterocycles. The van der Waals surface area contributed by atoms with Crippen molar-refractivity contribution in [2.24, 2.45) is 0 Å². The molecule has 0 aliphatic carbocycles. The van der Waals surface area contributed by atoms with Gasteiger partial charge in [-0.15, -0.1) is 22.7 Å². The van der Waals surface area contributed by atoms with Crippen LogP contribution in [0.25, 0.3) is 43.2 Å². The molecular weight excluding hydrogens is 641 g/mol. The van der Waals surface area contributed by atoms with Crippen LogP contribution >= 0.6 is 57.5 Å². The molecule has 7 aromatic rings. The second-order valence-corrected chi connectivity index (χ2v) is 12.4. The van der Waals surface area contributed by atoms with Gasteiger partial charge in [0.25, 0.3) is 0 Å². The predicted octanol–water partition coefficient (Wildman–Crippen LogP) is 9.70. The van der Waals surface area contributed by atoms with Crippen LogP contribution in [0.2, 0.25) is 15.2 Å². The van der Waals surface area contributed by atoms with Gasteiger partial charge < -0.3 is 5.32 Å². The molecule has 0 saturated heterocycles. The van der Waals surface area contributed by atoms with E-state index in [1.54, 1.807) is 53.5 Å². The molecule has 12 heteroatoms. The van der Waals surface area contributed by atoms with E-state index in [0.29, 0.717) is 33.4 Å². The number of nitrogens with one attached hydrogen (secondary N) is 1. The lowest BCUT2D eigenvalue weighted by Crippen LogP contribution is -2.04. The molecule has 0 aliphatic rings. The van der Waals surface area contributed by atoms with Gasteiger partial charge in [-0.2, -0.15) is 0 Å². The van der Waals surface area contributed by atoms with Gasteiger partial charge in [-0.25, -0.2) is 19.9 Å². The lowest BCUT2D eigenvalue weighted by atomic mass is 10.2. The molecule has 0 unspecified atom stereocenters. The topological polar surface area (TPSA) is 89.4 Å². The maximum Gasteiger partial charge on any atom is 0.164 e. The fourth-order valence-corrected chi connectivity index (χ4v) is 6.87. The van der Waals surface area contributed by atoms with Crippen molar-refractivity contribution in [1.29, 1.82) is 0 Å². The molecule has 7 nitrogen and oxygen atoms in total. The van der Waals surface area contributed by atoms with Crippen LogP contribution in [0.4, 0.5) is 5.82 Å². The number of hydrogen-bond donors (Lipinski definition) is 1. The highest BCUT2D eigenvalue weighted by atomic mass is 35.5. The van der Waals surface area contributed by atoms with Gasteiger partial charge in [-0.1, -0.05) is 40.9 Å². The van der Waals surface area contributed by atoms with E-state index in [0.717, 1.165) is 54.1 Å². The normalized spacial score (nSPS) is 11.0. The van der Waals surface area contributed by atoms with Crippen molar-refractivity contribution in [1.82, 2.24) is 29.9 Å². The summed E-state index contributed by atoms with van der Waals surface area (Å²) in [6.45, 7) is 4.67. The molecule has 6 aromatic heterocycles. The lowest BCUT2D eigenvalue weighted by Gasteiger charge is -2.10. The molecule has 0 bridgehead atoms. The van der Waals surface area contributed by atoms with Gasteiger partial charge in [0.15, 0.2) is 11.6 Å². The Morgan fingerprint density at radius 2 is 1.30 bits per heavy atom. The van der Waals surface area contributed by atoms with Crippen molar-refractivity contribution in [2.45, 2.75) is 20.4 Å². The molecule has 0 fully saturated rings. The molecule has 43 heavy (non-hydrogen) atoms. The highest BCUT2D eigenvalue weighted by Gasteiger charge is 2.14. The SMILES string of the molecule is Cc1csc2nc(-c3cccnc3)nc(Cl)c12.Cc1csc2nc(-c3cccnc3)nc(NCc3ccc(Cl)c(Cl)c3)c12. The summed E-state index contributed by atoms with van der Waals surface area (Å²) < 4.78 is 0. The molecule has 7 rings (SSSR count). The largest absolute Gasteiger partial charge is 0.365 e. The summed E-state index contributed by atoms with van der Waals surface area (Å²) in [5, 5.41) is 11.1. The van der Waals surface area contributed by atoms with Crippen molar-refractivity contribution in [3.63, 3.8) is 0 Å². The average molecular weight is 663 g/mol. The highest BCUT2D eigenvalue weighted by molar-refractivity contribution is 7.17. The molecule has 0 saturated carbocycles. The minimum Gasteiger partial charge on any atom is -0.365 e. The zero-order valence-corrected chi connectivity index (χ0v) is 26.7. The summed E-state index contributed by atoms with van der Waals surface area (Å²) in [6.07, 6.45) is 6.96. The Morgan fingerprint density at radius 3 is 1.91 bits per heavy atom. The van der Waals surface area contributed by atoms with E-state index in [-0.39, 0.29) is 0 Å². The van der Waals surface area contributed by atoms with Crippen LogP contribution in [-0.2, 0) is 6.54 Å². The number of thiophene rings is 2. The Hall–Kier alpha value is -3.73. The minimum atomic E-state index is 0.507. The third kappa shape index (κ3) is 6.46. The third-order valence-electron chi connectivity index (χ3n) is 6.47. The first-order valence-corrected chi connectivity index (χ1v) is 15.9. The number of pyridine rings is 2. The first kappa shape index (κ1) is 29.3. The minimum absolute atomic E-state index is 0.507. The van der Waals surface area contributed by atoms with Gasteiger partial charge in [0.2, 0.25) is 0 Å². The summed E-state index contributed by atoms with van der Waals surface area (Å²) in [5.74, 6) is 2.08. The standard InChI is InChI=1S/C19H14Cl2N4S.C12H8ClN3S/c1-11-10-26-19-16(11)18(23-8-12-4-5-14(20)15(21)7-12)24-17(25-19)13-3-2-6-22-9-13;1-7-6-17-12-9(7)10(13)15-11(16-12)8-3-2-4-14-5-8/h2-7,9-10H,8H2,1H3,(H,23,24,25);2-6H,1H3. The highest BCUT2D eigenvalue weighted by Crippen LogP contribution is 2.33. The number of rotatable bonds is 5. The molecular formula is C31H22Cl3N7S2. The molecule has 1 N–H and O–H groups in total. The van der Waals surface area contributed by atoms with Crippen LogP contribution in [-0.4, -0.2) is 29.9 Å². The van der Waals surface area contributed by atoms with Crippen molar-refractivity contribution < 1.29 is 0 Å². The monoisotopic (exact) mass is 661 g/mol. The van der Waals surface area contributed by atoms with E-state index >= 15 is 0 Å². The summed E-state index contributed by atoms with van der Waals surface area (Å²) in [5.41, 5.74) is 5.06.